The molecule has 0 bridgehead atoms. The minimum Gasteiger partial charge on any atom is -0.504 e. The largest absolute Gasteiger partial charge is 0.504 e. The second-order valence-corrected chi connectivity index (χ2v) is 4.98. The van der Waals surface area contributed by atoms with Crippen LogP contribution in [-0.4, -0.2) is 51.5 Å². The number of carbonyl (C=O) groups is 3. The van der Waals surface area contributed by atoms with Crippen molar-refractivity contribution in [1.82, 2.24) is 4.90 Å². The number of Topliss-reactive ketones (excluding diaryl/α,β-unsaturated/α-hetero) is 1. The molecule has 2 rings (SSSR count). The van der Waals surface area contributed by atoms with Crippen molar-refractivity contribution in [1.29, 1.82) is 0 Å². The molecule has 8 nitrogen and oxygen atoms in total. The van der Waals surface area contributed by atoms with Gasteiger partial charge in [-0.2, -0.15) is 0 Å². The van der Waals surface area contributed by atoms with Crippen LogP contribution >= 0.6 is 0 Å². The number of aromatic hydroxyl groups is 1. The number of nitrogens with zero attached hydrogens (tertiary/aromatic N) is 1. The predicted octanol–water partition coefficient (Wildman–Crippen LogP) is 0.770. The number of hydrogen-bond donors (Lipinski definition) is 3. The normalized spacial score (nSPS) is 17.6. The smallest absolute Gasteiger partial charge is 0.323 e. The van der Waals surface area contributed by atoms with Crippen molar-refractivity contribution >= 4 is 17.7 Å². The number of carboxylic acid groups (broad SMARTS) is 1. The van der Waals surface area contributed by atoms with Gasteiger partial charge in [0.2, 0.25) is 0 Å². The summed E-state index contributed by atoms with van der Waals surface area (Å²) >= 11 is 0. The highest BCUT2D eigenvalue weighted by atomic mass is 16.5. The van der Waals surface area contributed by atoms with E-state index in [2.05, 4.69) is 0 Å². The van der Waals surface area contributed by atoms with Crippen molar-refractivity contribution in [3.05, 3.63) is 35.1 Å². The standard InChI is InChI=1S/C15H15NO7/c1-7(17)12-13(8-3-4-9(18)10(5-8)23-2)16(6-11(19)20)15(22)14(12)21/h3-5,13,18,21H,6H2,1-2H3,(H,19,20)/t13-/m1/s1. The van der Waals surface area contributed by atoms with E-state index in [0.29, 0.717) is 5.56 Å². The molecule has 1 atom stereocenters. The van der Waals surface area contributed by atoms with Crippen LogP contribution in [0.3, 0.4) is 0 Å². The lowest BCUT2D eigenvalue weighted by atomic mass is 9.96. The highest BCUT2D eigenvalue weighted by Gasteiger charge is 2.43. The summed E-state index contributed by atoms with van der Waals surface area (Å²) in [5, 5.41) is 28.5. The highest BCUT2D eigenvalue weighted by molar-refractivity contribution is 6.08. The molecule has 3 N–H and O–H groups in total. The zero-order chi connectivity index (χ0) is 17.3. The number of aliphatic carboxylic acids is 1. The Labute approximate surface area is 131 Å². The van der Waals surface area contributed by atoms with Gasteiger partial charge in [0.05, 0.1) is 18.7 Å². The van der Waals surface area contributed by atoms with Gasteiger partial charge in [-0.05, 0) is 24.6 Å². The average Bonchev–Trinajstić information content (AvgIpc) is 2.72. The van der Waals surface area contributed by atoms with E-state index in [-0.39, 0.29) is 17.1 Å². The number of phenols is 1. The third kappa shape index (κ3) is 2.83. The molecule has 0 fully saturated rings. The van der Waals surface area contributed by atoms with Gasteiger partial charge < -0.3 is 25.0 Å². The fraction of sp³-hybridized carbons (Fsp3) is 0.267. The Morgan fingerprint density at radius 3 is 2.48 bits per heavy atom. The minimum atomic E-state index is -1.29. The number of aliphatic hydroxyl groups is 1. The zero-order valence-corrected chi connectivity index (χ0v) is 12.4. The van der Waals surface area contributed by atoms with Crippen LogP contribution in [0, 0.1) is 0 Å². The molecule has 0 radical (unpaired) electrons. The highest BCUT2D eigenvalue weighted by Crippen LogP contribution is 2.40. The van der Waals surface area contributed by atoms with Gasteiger partial charge in [-0.25, -0.2) is 0 Å². The summed E-state index contributed by atoms with van der Waals surface area (Å²) in [6.07, 6.45) is 0. The molecule has 122 valence electrons. The van der Waals surface area contributed by atoms with Crippen molar-refractivity contribution < 1.29 is 34.4 Å². The fourth-order valence-electron chi connectivity index (χ4n) is 2.53. The van der Waals surface area contributed by atoms with E-state index >= 15 is 0 Å². The van der Waals surface area contributed by atoms with Crippen LogP contribution in [0.1, 0.15) is 18.5 Å². The molecule has 1 amide bonds. The first-order valence-electron chi connectivity index (χ1n) is 6.61. The third-order valence-electron chi connectivity index (χ3n) is 3.51. The number of aliphatic hydroxyl groups excluding tert-OH is 1. The van der Waals surface area contributed by atoms with Crippen LogP contribution < -0.4 is 4.74 Å². The zero-order valence-electron chi connectivity index (χ0n) is 12.4. The maximum absolute atomic E-state index is 12.1. The summed E-state index contributed by atoms with van der Waals surface area (Å²) in [6.45, 7) is 0.487. The molecular weight excluding hydrogens is 306 g/mol. The molecule has 1 aliphatic heterocycles. The first kappa shape index (κ1) is 16.3. The number of ketones is 1. The van der Waals surface area contributed by atoms with Crippen molar-refractivity contribution in [2.24, 2.45) is 0 Å². The Morgan fingerprint density at radius 1 is 1.30 bits per heavy atom. The van der Waals surface area contributed by atoms with Crippen LogP contribution in [-0.2, 0) is 14.4 Å². The maximum atomic E-state index is 12.1. The Bertz CT molecular complexity index is 723. The SMILES string of the molecule is COc1cc([C@@H]2C(C(C)=O)=C(O)C(=O)N2CC(=O)O)ccc1O. The molecule has 1 aliphatic rings. The topological polar surface area (TPSA) is 124 Å². The summed E-state index contributed by atoms with van der Waals surface area (Å²) in [7, 11) is 1.33. The summed E-state index contributed by atoms with van der Waals surface area (Å²) < 4.78 is 4.98. The fourth-order valence-corrected chi connectivity index (χ4v) is 2.53. The van der Waals surface area contributed by atoms with E-state index in [1.165, 1.54) is 32.2 Å². The molecule has 0 aliphatic carbocycles. The second-order valence-electron chi connectivity index (χ2n) is 4.98. The van der Waals surface area contributed by atoms with Crippen molar-refractivity contribution in [3.63, 3.8) is 0 Å². The summed E-state index contributed by atoms with van der Waals surface area (Å²) in [6, 6.07) is 3.03. The minimum absolute atomic E-state index is 0.0968. The molecule has 8 heteroatoms. The molecule has 0 saturated heterocycles. The molecular formula is C15H15NO7. The maximum Gasteiger partial charge on any atom is 0.323 e. The van der Waals surface area contributed by atoms with Gasteiger partial charge in [-0.3, -0.25) is 14.4 Å². The van der Waals surface area contributed by atoms with Gasteiger partial charge in [-0.15, -0.1) is 0 Å². The Balaban J connectivity index is 2.59. The Kier molecular flexibility index (Phi) is 4.26. The van der Waals surface area contributed by atoms with Gasteiger partial charge >= 0.3 is 5.97 Å². The molecule has 0 unspecified atom stereocenters. The van der Waals surface area contributed by atoms with Gasteiger partial charge in [0.25, 0.3) is 5.91 Å². The third-order valence-corrected chi connectivity index (χ3v) is 3.51. The summed E-state index contributed by atoms with van der Waals surface area (Å²) in [5.74, 6) is -3.60. The number of phenolic OH excluding ortho intramolecular Hbond substituents is 1. The predicted molar refractivity (Wildman–Crippen MR) is 77.1 cm³/mol. The molecule has 0 aromatic heterocycles. The number of hydrogen-bond acceptors (Lipinski definition) is 6. The van der Waals surface area contributed by atoms with Crippen LogP contribution in [0.4, 0.5) is 0 Å². The van der Waals surface area contributed by atoms with E-state index in [9.17, 15) is 24.6 Å². The van der Waals surface area contributed by atoms with E-state index in [1.54, 1.807) is 0 Å². The summed E-state index contributed by atoms with van der Waals surface area (Å²) in [4.78, 5) is 35.8. The number of benzene rings is 1. The Morgan fingerprint density at radius 2 is 1.96 bits per heavy atom. The molecule has 1 heterocycles. The first-order chi connectivity index (χ1) is 10.8. The Hall–Kier alpha value is -3.03. The average molecular weight is 321 g/mol. The molecule has 1 aromatic carbocycles. The van der Waals surface area contributed by atoms with Crippen LogP contribution in [0.5, 0.6) is 11.5 Å². The van der Waals surface area contributed by atoms with E-state index in [4.69, 9.17) is 9.84 Å². The number of methoxy groups -OCH3 is 1. The number of carbonyl (C=O) groups excluding carboxylic acids is 2. The lowest BCUT2D eigenvalue weighted by molar-refractivity contribution is -0.144. The van der Waals surface area contributed by atoms with Gasteiger partial charge in [0.1, 0.15) is 6.54 Å². The van der Waals surface area contributed by atoms with Gasteiger partial charge in [0, 0.05) is 0 Å². The van der Waals surface area contributed by atoms with Gasteiger partial charge in [-0.1, -0.05) is 6.07 Å². The quantitative estimate of drug-likeness (QED) is 0.731. The molecule has 0 saturated carbocycles. The molecule has 0 spiro atoms. The lowest BCUT2D eigenvalue weighted by Gasteiger charge is -2.25. The number of rotatable bonds is 5. The van der Waals surface area contributed by atoms with E-state index in [0.717, 1.165) is 4.90 Å². The van der Waals surface area contributed by atoms with Crippen LogP contribution in [0.15, 0.2) is 29.5 Å². The van der Waals surface area contributed by atoms with Crippen LogP contribution in [0.2, 0.25) is 0 Å². The molecule has 1 aromatic rings. The first-order valence-corrected chi connectivity index (χ1v) is 6.61. The van der Waals surface area contributed by atoms with Crippen molar-refractivity contribution in [2.45, 2.75) is 13.0 Å². The number of amides is 1. The van der Waals surface area contributed by atoms with Gasteiger partial charge in [0.15, 0.2) is 23.0 Å². The number of carboxylic acids is 1. The number of ether oxygens (including phenoxy) is 1. The van der Waals surface area contributed by atoms with Crippen molar-refractivity contribution in [2.75, 3.05) is 13.7 Å². The summed E-state index contributed by atoms with van der Waals surface area (Å²) in [5.41, 5.74) is 0.146. The second kappa shape index (κ2) is 5.99. The van der Waals surface area contributed by atoms with E-state index in [1.807, 2.05) is 0 Å². The van der Waals surface area contributed by atoms with E-state index < -0.39 is 36.0 Å². The molecule has 23 heavy (non-hydrogen) atoms. The lowest BCUT2D eigenvalue weighted by Crippen LogP contribution is -2.35. The van der Waals surface area contributed by atoms with Crippen LogP contribution in [0.25, 0.3) is 0 Å². The monoisotopic (exact) mass is 321 g/mol. The van der Waals surface area contributed by atoms with Crippen molar-refractivity contribution in [3.8, 4) is 11.5 Å².